The predicted molar refractivity (Wildman–Crippen MR) is 123 cm³/mol. The molecule has 0 saturated carbocycles. The number of hydrogen-bond donors (Lipinski definition) is 1. The molecule has 156 valence electrons. The summed E-state index contributed by atoms with van der Waals surface area (Å²) >= 11 is 1.62. The lowest BCUT2D eigenvalue weighted by Crippen LogP contribution is -2.52. The van der Waals surface area contributed by atoms with E-state index in [9.17, 15) is 4.79 Å². The van der Waals surface area contributed by atoms with Gasteiger partial charge in [0.25, 0.3) is 0 Å². The first-order chi connectivity index (χ1) is 15.2. The Balaban J connectivity index is 1.16. The topological polar surface area (TPSA) is 63.7 Å². The third-order valence-corrected chi connectivity index (χ3v) is 6.29. The molecule has 6 nitrogen and oxygen atoms in total. The lowest BCUT2D eigenvalue weighted by atomic mass is 10.00. The molecule has 2 heterocycles. The number of carbonyl (C=O) groups is 1. The van der Waals surface area contributed by atoms with Gasteiger partial charge in [0.2, 0.25) is 5.91 Å². The van der Waals surface area contributed by atoms with Crippen molar-refractivity contribution in [3.63, 3.8) is 0 Å². The predicted octanol–water partition coefficient (Wildman–Crippen LogP) is 5.17. The number of thiazole rings is 1. The van der Waals surface area contributed by atoms with Crippen LogP contribution in [0.25, 0.3) is 10.2 Å². The molecule has 0 spiro atoms. The molecule has 1 N–H and O–H groups in total. The van der Waals surface area contributed by atoms with Crippen LogP contribution < -0.4 is 19.7 Å². The van der Waals surface area contributed by atoms with Gasteiger partial charge in [-0.05, 0) is 54.6 Å². The first-order valence-electron chi connectivity index (χ1n) is 10.0. The maximum Gasteiger partial charge on any atom is 0.231 e. The second-order valence-corrected chi connectivity index (χ2v) is 8.37. The number of anilines is 2. The van der Waals surface area contributed by atoms with Gasteiger partial charge in [0, 0.05) is 18.8 Å². The average Bonchev–Trinajstić information content (AvgIpc) is 3.17. The van der Waals surface area contributed by atoms with Gasteiger partial charge in [0.05, 0.1) is 23.2 Å². The zero-order valence-electron chi connectivity index (χ0n) is 16.9. The van der Waals surface area contributed by atoms with Crippen LogP contribution in [-0.2, 0) is 4.79 Å². The number of rotatable bonds is 6. The summed E-state index contributed by atoms with van der Waals surface area (Å²) in [6, 6.07) is 22.9. The fourth-order valence-corrected chi connectivity index (χ4v) is 4.44. The highest BCUT2D eigenvalue weighted by atomic mass is 32.1. The number of aromatic nitrogens is 1. The summed E-state index contributed by atoms with van der Waals surface area (Å²) < 4.78 is 12.1. The normalized spacial score (nSPS) is 13.6. The van der Waals surface area contributed by atoms with Crippen LogP contribution in [0.15, 0.2) is 72.8 Å². The van der Waals surface area contributed by atoms with Gasteiger partial charge < -0.3 is 19.7 Å². The van der Waals surface area contributed by atoms with Crippen LogP contribution in [0, 0.1) is 5.92 Å². The number of hydrogen-bond acceptors (Lipinski definition) is 6. The molecule has 1 fully saturated rings. The molecule has 1 aliphatic heterocycles. The van der Waals surface area contributed by atoms with Gasteiger partial charge in [-0.3, -0.25) is 4.79 Å². The van der Waals surface area contributed by atoms with Crippen molar-refractivity contribution in [2.45, 2.75) is 0 Å². The number of benzene rings is 3. The van der Waals surface area contributed by atoms with E-state index in [2.05, 4.69) is 15.2 Å². The molecular weight excluding hydrogens is 410 g/mol. The van der Waals surface area contributed by atoms with Crippen LogP contribution in [0.1, 0.15) is 0 Å². The van der Waals surface area contributed by atoms with Crippen LogP contribution in [-0.4, -0.2) is 31.1 Å². The highest BCUT2D eigenvalue weighted by molar-refractivity contribution is 7.22. The van der Waals surface area contributed by atoms with E-state index in [4.69, 9.17) is 9.47 Å². The number of nitrogens with one attached hydrogen (secondary N) is 1. The number of amides is 1. The summed E-state index contributed by atoms with van der Waals surface area (Å²) in [5.74, 6) is 2.30. The molecule has 31 heavy (non-hydrogen) atoms. The van der Waals surface area contributed by atoms with Gasteiger partial charge in [-0.1, -0.05) is 29.5 Å². The van der Waals surface area contributed by atoms with Crippen molar-refractivity contribution >= 4 is 38.3 Å². The van der Waals surface area contributed by atoms with Gasteiger partial charge in [-0.25, -0.2) is 4.98 Å². The van der Waals surface area contributed by atoms with E-state index in [1.54, 1.807) is 18.4 Å². The van der Waals surface area contributed by atoms with Crippen LogP contribution in [0.3, 0.4) is 0 Å². The lowest BCUT2D eigenvalue weighted by Gasteiger charge is -2.37. The number of nitrogens with zero attached hydrogens (tertiary/aromatic N) is 2. The van der Waals surface area contributed by atoms with Crippen molar-refractivity contribution < 1.29 is 14.3 Å². The first-order valence-corrected chi connectivity index (χ1v) is 10.8. The zero-order valence-corrected chi connectivity index (χ0v) is 17.8. The summed E-state index contributed by atoms with van der Waals surface area (Å²) in [5.41, 5.74) is 1.71. The Hall–Kier alpha value is -3.58. The molecule has 1 aromatic heterocycles. The highest BCUT2D eigenvalue weighted by Crippen LogP contribution is 2.35. The summed E-state index contributed by atoms with van der Waals surface area (Å²) in [6.45, 7) is 1.33. The Morgan fingerprint density at radius 1 is 1.00 bits per heavy atom. The molecule has 0 radical (unpaired) electrons. The van der Waals surface area contributed by atoms with Gasteiger partial charge in [0.15, 0.2) is 5.13 Å². The standard InChI is InChI=1S/C24H21N3O3S/c1-29-20-11-12-21-22(13-20)31-24(26-21)27-14-16(15-27)23(28)25-17-7-9-19(10-8-17)30-18-5-3-2-4-6-18/h2-13,16H,14-15H2,1H3,(H,25,28). The van der Waals surface area contributed by atoms with Crippen molar-refractivity contribution in [1.29, 1.82) is 0 Å². The largest absolute Gasteiger partial charge is 0.497 e. The molecule has 0 bridgehead atoms. The van der Waals surface area contributed by atoms with Crippen molar-refractivity contribution in [3.8, 4) is 17.2 Å². The second-order valence-electron chi connectivity index (χ2n) is 7.36. The lowest BCUT2D eigenvalue weighted by molar-refractivity contribution is -0.120. The molecule has 1 aliphatic rings. The third kappa shape index (κ3) is 4.18. The zero-order chi connectivity index (χ0) is 21.2. The van der Waals surface area contributed by atoms with E-state index in [1.165, 1.54) is 0 Å². The van der Waals surface area contributed by atoms with Gasteiger partial charge >= 0.3 is 0 Å². The van der Waals surface area contributed by atoms with Crippen molar-refractivity contribution in [1.82, 2.24) is 4.98 Å². The van der Waals surface area contributed by atoms with E-state index in [0.29, 0.717) is 13.1 Å². The number of carbonyl (C=O) groups excluding carboxylic acids is 1. The first kappa shape index (κ1) is 19.4. The molecule has 7 heteroatoms. The average molecular weight is 432 g/mol. The number of ether oxygens (including phenoxy) is 2. The van der Waals surface area contributed by atoms with Gasteiger partial charge in [0.1, 0.15) is 17.2 Å². The Kier molecular flexibility index (Phi) is 5.18. The Morgan fingerprint density at radius 3 is 2.45 bits per heavy atom. The van der Waals surface area contributed by atoms with Crippen LogP contribution in [0.5, 0.6) is 17.2 Å². The van der Waals surface area contributed by atoms with E-state index in [0.717, 1.165) is 38.3 Å². The van der Waals surface area contributed by atoms with Crippen molar-refractivity contribution in [2.24, 2.45) is 5.92 Å². The summed E-state index contributed by atoms with van der Waals surface area (Å²) in [4.78, 5) is 19.4. The minimum atomic E-state index is -0.0539. The number of fused-ring (bicyclic) bond motifs is 1. The van der Waals surface area contributed by atoms with Crippen molar-refractivity contribution in [2.75, 3.05) is 30.4 Å². The quantitative estimate of drug-likeness (QED) is 0.456. The molecule has 0 unspecified atom stereocenters. The maximum atomic E-state index is 12.6. The fraction of sp³-hybridized carbons (Fsp3) is 0.167. The molecule has 1 saturated heterocycles. The highest BCUT2D eigenvalue weighted by Gasteiger charge is 2.34. The fourth-order valence-electron chi connectivity index (χ4n) is 3.43. The SMILES string of the molecule is COc1ccc2nc(N3CC(C(=O)Nc4ccc(Oc5ccccc5)cc4)C3)sc2c1. The molecule has 4 aromatic rings. The minimum Gasteiger partial charge on any atom is -0.497 e. The number of para-hydroxylation sites is 1. The molecule has 3 aromatic carbocycles. The Bertz CT molecular complexity index is 1200. The van der Waals surface area contributed by atoms with Crippen LogP contribution >= 0.6 is 11.3 Å². The van der Waals surface area contributed by atoms with Gasteiger partial charge in [-0.15, -0.1) is 0 Å². The minimum absolute atomic E-state index is 0.0239. The maximum absolute atomic E-state index is 12.6. The van der Waals surface area contributed by atoms with Crippen LogP contribution in [0.4, 0.5) is 10.8 Å². The number of methoxy groups -OCH3 is 1. The smallest absolute Gasteiger partial charge is 0.231 e. The van der Waals surface area contributed by atoms with E-state index in [1.807, 2.05) is 72.8 Å². The van der Waals surface area contributed by atoms with Crippen LogP contribution in [0.2, 0.25) is 0 Å². The third-order valence-electron chi connectivity index (χ3n) is 5.21. The molecule has 0 atom stereocenters. The van der Waals surface area contributed by atoms with Crippen molar-refractivity contribution in [3.05, 3.63) is 72.8 Å². The van der Waals surface area contributed by atoms with E-state index < -0.39 is 0 Å². The molecule has 5 rings (SSSR count). The van der Waals surface area contributed by atoms with Gasteiger partial charge in [-0.2, -0.15) is 0 Å². The Labute approximate surface area is 184 Å². The summed E-state index contributed by atoms with van der Waals surface area (Å²) in [5, 5.41) is 3.93. The molecule has 0 aliphatic carbocycles. The molecular formula is C24H21N3O3S. The second kappa shape index (κ2) is 8.28. The Morgan fingerprint density at radius 2 is 1.71 bits per heavy atom. The van der Waals surface area contributed by atoms with E-state index in [-0.39, 0.29) is 11.8 Å². The monoisotopic (exact) mass is 431 g/mol. The van der Waals surface area contributed by atoms with E-state index >= 15 is 0 Å². The summed E-state index contributed by atoms with van der Waals surface area (Å²) in [6.07, 6.45) is 0. The molecule has 1 amide bonds. The summed E-state index contributed by atoms with van der Waals surface area (Å²) in [7, 11) is 1.66.